The highest BCUT2D eigenvalue weighted by Crippen LogP contribution is 2.44. The average Bonchev–Trinajstić information content (AvgIpc) is 3.55. The Balaban J connectivity index is 1.58. The largest absolute Gasteiger partial charge is 0.416 e. The highest BCUT2D eigenvalue weighted by Gasteiger charge is 2.32. The number of carbonyl (C=O) groups excluding carboxylic acids is 1. The minimum atomic E-state index is -4.61. The monoisotopic (exact) mass is 505 g/mol. The molecule has 1 fully saturated rings. The Morgan fingerprint density at radius 2 is 1.91 bits per heavy atom. The second kappa shape index (κ2) is 10.1. The van der Waals surface area contributed by atoms with Gasteiger partial charge in [-0.25, -0.2) is 9.37 Å². The van der Waals surface area contributed by atoms with Crippen molar-refractivity contribution in [3.05, 3.63) is 75.2 Å². The van der Waals surface area contributed by atoms with Gasteiger partial charge in [0.1, 0.15) is 5.82 Å². The molecule has 186 valence electrons. The molecule has 4 nitrogen and oxygen atoms in total. The van der Waals surface area contributed by atoms with Crippen LogP contribution in [0.15, 0.2) is 36.4 Å². The lowest BCUT2D eigenvalue weighted by atomic mass is 9.98. The zero-order valence-electron chi connectivity index (χ0n) is 19.8. The highest BCUT2D eigenvalue weighted by molar-refractivity contribution is 7.15. The number of amides is 1. The fourth-order valence-electron chi connectivity index (χ4n) is 4.02. The average molecular weight is 506 g/mol. The van der Waals surface area contributed by atoms with Gasteiger partial charge in [0, 0.05) is 25.1 Å². The van der Waals surface area contributed by atoms with E-state index in [-0.39, 0.29) is 17.9 Å². The molecule has 35 heavy (non-hydrogen) atoms. The standard InChI is InChI=1S/C26H27F4N3OS/c1-15-24(35-23(32-15)12-16-10-19(26(28,29)30)14-20(27)11-16)18-6-7-21(22(13-18)17-4-5-17)25(34)31-8-9-33(2)3/h6-7,10-11,13-14,17H,4-5,8-9,12H2,1-3H3,(H,31,34). The predicted molar refractivity (Wildman–Crippen MR) is 129 cm³/mol. The number of benzene rings is 2. The van der Waals surface area contributed by atoms with Crippen LogP contribution >= 0.6 is 11.3 Å². The van der Waals surface area contributed by atoms with Crippen molar-refractivity contribution in [3.63, 3.8) is 0 Å². The van der Waals surface area contributed by atoms with E-state index in [1.165, 1.54) is 11.3 Å². The number of hydrogen-bond donors (Lipinski definition) is 1. The Kier molecular flexibility index (Phi) is 7.28. The second-order valence-corrected chi connectivity index (χ2v) is 10.3. The first kappa shape index (κ1) is 25.3. The Bertz CT molecular complexity index is 1230. The third-order valence-electron chi connectivity index (χ3n) is 5.90. The first-order valence-corrected chi connectivity index (χ1v) is 12.2. The minimum absolute atomic E-state index is 0.0893. The van der Waals surface area contributed by atoms with Gasteiger partial charge in [-0.1, -0.05) is 6.07 Å². The van der Waals surface area contributed by atoms with Gasteiger partial charge in [0.15, 0.2) is 0 Å². The number of alkyl halides is 3. The van der Waals surface area contributed by atoms with Crippen LogP contribution in [0.1, 0.15) is 56.5 Å². The van der Waals surface area contributed by atoms with Crippen LogP contribution in [0.3, 0.4) is 0 Å². The van der Waals surface area contributed by atoms with E-state index in [0.717, 1.165) is 53.2 Å². The van der Waals surface area contributed by atoms with Crippen LogP contribution in [-0.2, 0) is 12.6 Å². The molecule has 0 atom stereocenters. The number of nitrogens with zero attached hydrogens (tertiary/aromatic N) is 2. The number of aromatic nitrogens is 1. The topological polar surface area (TPSA) is 45.2 Å². The summed E-state index contributed by atoms with van der Waals surface area (Å²) in [6, 6.07) is 8.34. The predicted octanol–water partition coefficient (Wildman–Crippen LogP) is 6.04. The summed E-state index contributed by atoms with van der Waals surface area (Å²) in [5.74, 6) is -0.657. The lowest BCUT2D eigenvalue weighted by Gasteiger charge is -2.13. The van der Waals surface area contributed by atoms with Gasteiger partial charge in [-0.3, -0.25) is 4.79 Å². The Morgan fingerprint density at radius 1 is 1.17 bits per heavy atom. The van der Waals surface area contributed by atoms with Crippen LogP contribution in [0.4, 0.5) is 17.6 Å². The van der Waals surface area contributed by atoms with Gasteiger partial charge in [-0.2, -0.15) is 13.2 Å². The molecule has 2 aromatic carbocycles. The molecule has 1 aliphatic rings. The summed E-state index contributed by atoms with van der Waals surface area (Å²) in [5.41, 5.74) is 2.59. The molecule has 1 aliphatic carbocycles. The van der Waals surface area contributed by atoms with Crippen LogP contribution in [0.5, 0.6) is 0 Å². The maximum atomic E-state index is 13.8. The fourth-order valence-corrected chi connectivity index (χ4v) is 5.11. The molecule has 1 amide bonds. The molecular formula is C26H27F4N3OS. The van der Waals surface area contributed by atoms with Gasteiger partial charge in [0.05, 0.1) is 21.1 Å². The lowest BCUT2D eigenvalue weighted by molar-refractivity contribution is -0.137. The summed E-state index contributed by atoms with van der Waals surface area (Å²) in [6.07, 6.45) is -2.43. The maximum absolute atomic E-state index is 13.8. The molecule has 0 bridgehead atoms. The van der Waals surface area contributed by atoms with Crippen LogP contribution < -0.4 is 5.32 Å². The van der Waals surface area contributed by atoms with Crippen molar-refractivity contribution in [2.45, 2.75) is 38.3 Å². The van der Waals surface area contributed by atoms with Crippen molar-refractivity contribution in [2.24, 2.45) is 0 Å². The van der Waals surface area contributed by atoms with E-state index < -0.39 is 17.6 Å². The molecule has 0 spiro atoms. The van der Waals surface area contributed by atoms with Gasteiger partial charge in [-0.15, -0.1) is 11.3 Å². The van der Waals surface area contributed by atoms with E-state index in [1.807, 2.05) is 44.1 Å². The molecule has 0 unspecified atom stereocenters. The van der Waals surface area contributed by atoms with Crippen molar-refractivity contribution >= 4 is 17.2 Å². The van der Waals surface area contributed by atoms with E-state index in [0.29, 0.717) is 29.1 Å². The van der Waals surface area contributed by atoms with Crippen LogP contribution in [0.2, 0.25) is 0 Å². The molecule has 9 heteroatoms. The Labute approximate surface area is 206 Å². The molecule has 0 saturated heterocycles. The van der Waals surface area contributed by atoms with Crippen LogP contribution in [0.25, 0.3) is 10.4 Å². The van der Waals surface area contributed by atoms with E-state index in [4.69, 9.17) is 0 Å². The van der Waals surface area contributed by atoms with Gasteiger partial charge < -0.3 is 10.2 Å². The quantitative estimate of drug-likeness (QED) is 0.380. The second-order valence-electron chi connectivity index (χ2n) is 9.18. The zero-order valence-corrected chi connectivity index (χ0v) is 20.6. The number of nitrogens with one attached hydrogen (secondary N) is 1. The fraction of sp³-hybridized carbons (Fsp3) is 0.385. The number of likely N-dealkylation sites (N-methyl/N-ethyl adjacent to an activating group) is 1. The van der Waals surface area contributed by atoms with Crippen molar-refractivity contribution in [1.82, 2.24) is 15.2 Å². The Hall–Kier alpha value is -2.78. The van der Waals surface area contributed by atoms with Crippen LogP contribution in [0, 0.1) is 12.7 Å². The summed E-state index contributed by atoms with van der Waals surface area (Å²) in [6.45, 7) is 3.16. The number of thiazole rings is 1. The van der Waals surface area contributed by atoms with Crippen molar-refractivity contribution < 1.29 is 22.4 Å². The Morgan fingerprint density at radius 3 is 2.57 bits per heavy atom. The molecule has 3 aromatic rings. The molecule has 1 aromatic heterocycles. The summed E-state index contributed by atoms with van der Waals surface area (Å²) < 4.78 is 53.0. The maximum Gasteiger partial charge on any atom is 0.416 e. The normalized spacial score (nSPS) is 13.9. The molecule has 0 radical (unpaired) electrons. The SMILES string of the molecule is Cc1nc(Cc2cc(F)cc(C(F)(F)F)c2)sc1-c1ccc(C(=O)NCCN(C)C)c(C2CC2)c1. The van der Waals surface area contributed by atoms with Gasteiger partial charge >= 0.3 is 6.18 Å². The summed E-state index contributed by atoms with van der Waals surface area (Å²) in [7, 11) is 3.90. The van der Waals surface area contributed by atoms with E-state index in [2.05, 4.69) is 10.3 Å². The number of rotatable bonds is 8. The molecular weight excluding hydrogens is 478 g/mol. The van der Waals surface area contributed by atoms with E-state index >= 15 is 0 Å². The lowest BCUT2D eigenvalue weighted by Crippen LogP contribution is -2.31. The van der Waals surface area contributed by atoms with Crippen molar-refractivity contribution in [1.29, 1.82) is 0 Å². The highest BCUT2D eigenvalue weighted by atomic mass is 32.1. The number of halogens is 4. The van der Waals surface area contributed by atoms with E-state index in [9.17, 15) is 22.4 Å². The third kappa shape index (κ3) is 6.27. The molecule has 1 N–H and O–H groups in total. The first-order chi connectivity index (χ1) is 16.5. The summed E-state index contributed by atoms with van der Waals surface area (Å²) >= 11 is 1.38. The molecule has 1 heterocycles. The number of aryl methyl sites for hydroxylation is 1. The molecule has 4 rings (SSSR count). The van der Waals surface area contributed by atoms with Crippen LogP contribution in [-0.4, -0.2) is 43.0 Å². The number of carbonyl (C=O) groups is 1. The number of hydrogen-bond acceptors (Lipinski definition) is 4. The summed E-state index contributed by atoms with van der Waals surface area (Å²) in [5, 5.41) is 3.58. The molecule has 1 saturated carbocycles. The minimum Gasteiger partial charge on any atom is -0.351 e. The third-order valence-corrected chi connectivity index (χ3v) is 7.11. The zero-order chi connectivity index (χ0) is 25.3. The smallest absolute Gasteiger partial charge is 0.351 e. The van der Waals surface area contributed by atoms with E-state index in [1.54, 1.807) is 0 Å². The molecule has 0 aliphatic heterocycles. The van der Waals surface area contributed by atoms with Gasteiger partial charge in [-0.05, 0) is 86.8 Å². The van der Waals surface area contributed by atoms with Gasteiger partial charge in [0.2, 0.25) is 0 Å². The first-order valence-electron chi connectivity index (χ1n) is 11.4. The summed E-state index contributed by atoms with van der Waals surface area (Å²) in [4.78, 5) is 20.2. The van der Waals surface area contributed by atoms with Gasteiger partial charge in [0.25, 0.3) is 5.91 Å². The van der Waals surface area contributed by atoms with Crippen molar-refractivity contribution in [2.75, 3.05) is 27.2 Å². The van der Waals surface area contributed by atoms with Crippen molar-refractivity contribution in [3.8, 4) is 10.4 Å².